The van der Waals surface area contributed by atoms with E-state index in [1.54, 1.807) is 27.7 Å². The lowest BCUT2D eigenvalue weighted by molar-refractivity contribution is -0.118. The summed E-state index contributed by atoms with van der Waals surface area (Å²) < 4.78 is 0. The first-order valence-corrected chi connectivity index (χ1v) is 23.3. The molecule has 6 unspecified atom stereocenters. The standard InChI is InChI=1S/C15H21NO.C14H19NO.C13H17NO.C12H15NO/c1-4-12-10-13(5-2)16(11(3)17)15-9-7-6-8-14(12)15;1-4-12-9-10(2)13-7-5-6-8-14(13)15(12)11(3)16;1-3-11-8-9-14(10(2)15)13-7-5-4-6-12(11)13;1-9-7-8-13(10(2)14)12-6-4-3-5-11(9)12/h6-9,12-13H,4-5,10H2,1-3H3;5-8,10,12H,4,9H2,1-3H3;4-7,11H,3,8-9H2,1-2H3;3-6,9H,7-8H2,1-2H3. The van der Waals surface area contributed by atoms with Crippen molar-refractivity contribution in [1.82, 2.24) is 0 Å². The third-order valence-electron chi connectivity index (χ3n) is 13.6. The summed E-state index contributed by atoms with van der Waals surface area (Å²) in [4.78, 5) is 54.2. The monoisotopic (exact) mass is 841 g/mol. The van der Waals surface area contributed by atoms with Crippen LogP contribution in [0.15, 0.2) is 97.1 Å². The van der Waals surface area contributed by atoms with E-state index in [0.717, 1.165) is 87.2 Å². The van der Waals surface area contributed by atoms with Crippen molar-refractivity contribution in [2.24, 2.45) is 0 Å². The Morgan fingerprint density at radius 3 is 1.26 bits per heavy atom. The van der Waals surface area contributed by atoms with Gasteiger partial charge in [-0.1, -0.05) is 114 Å². The molecule has 0 bridgehead atoms. The van der Waals surface area contributed by atoms with E-state index in [1.165, 1.54) is 22.3 Å². The Morgan fingerprint density at radius 1 is 0.435 bits per heavy atom. The Morgan fingerprint density at radius 2 is 0.806 bits per heavy atom. The van der Waals surface area contributed by atoms with E-state index in [1.807, 2.05) is 56.0 Å². The van der Waals surface area contributed by atoms with Gasteiger partial charge >= 0.3 is 0 Å². The van der Waals surface area contributed by atoms with Crippen LogP contribution in [0.25, 0.3) is 0 Å². The molecule has 4 aromatic carbocycles. The highest BCUT2D eigenvalue weighted by atomic mass is 16.2. The first-order chi connectivity index (χ1) is 29.8. The maximum absolute atomic E-state index is 11.9. The fourth-order valence-corrected chi connectivity index (χ4v) is 10.2. The number of benzene rings is 4. The molecule has 4 aliphatic rings. The van der Waals surface area contributed by atoms with Crippen LogP contribution in [-0.4, -0.2) is 48.8 Å². The fourth-order valence-electron chi connectivity index (χ4n) is 10.2. The van der Waals surface area contributed by atoms with Gasteiger partial charge in [-0.2, -0.15) is 0 Å². The van der Waals surface area contributed by atoms with Gasteiger partial charge in [-0.3, -0.25) is 19.2 Å². The minimum atomic E-state index is 0.143. The second kappa shape index (κ2) is 22.2. The lowest BCUT2D eigenvalue weighted by Gasteiger charge is -2.40. The number of nitrogens with zero attached hydrogens (tertiary/aromatic N) is 4. The molecule has 8 heteroatoms. The van der Waals surface area contributed by atoms with Gasteiger partial charge in [0.2, 0.25) is 23.6 Å². The van der Waals surface area contributed by atoms with Crippen LogP contribution in [0.5, 0.6) is 0 Å². The van der Waals surface area contributed by atoms with Gasteiger partial charge < -0.3 is 19.6 Å². The van der Waals surface area contributed by atoms with E-state index in [2.05, 4.69) is 102 Å². The van der Waals surface area contributed by atoms with Gasteiger partial charge in [-0.15, -0.1) is 0 Å². The Balaban J connectivity index is 0.000000156. The highest BCUT2D eigenvalue weighted by Gasteiger charge is 2.33. The number of para-hydroxylation sites is 4. The lowest BCUT2D eigenvalue weighted by Crippen LogP contribution is -2.43. The van der Waals surface area contributed by atoms with Gasteiger partial charge in [0, 0.05) is 75.6 Å². The number of fused-ring (bicyclic) bond motifs is 4. The average molecular weight is 841 g/mol. The second-order valence-electron chi connectivity index (χ2n) is 17.5. The Kier molecular flexibility index (Phi) is 17.1. The van der Waals surface area contributed by atoms with Crippen molar-refractivity contribution in [2.45, 2.75) is 156 Å². The van der Waals surface area contributed by atoms with Crippen molar-refractivity contribution < 1.29 is 19.2 Å². The molecule has 0 N–H and O–H groups in total. The van der Waals surface area contributed by atoms with Crippen molar-refractivity contribution in [2.75, 3.05) is 32.7 Å². The number of hydrogen-bond acceptors (Lipinski definition) is 4. The van der Waals surface area contributed by atoms with E-state index in [-0.39, 0.29) is 23.6 Å². The van der Waals surface area contributed by atoms with Crippen LogP contribution in [0.3, 0.4) is 0 Å². The van der Waals surface area contributed by atoms with Crippen LogP contribution >= 0.6 is 0 Å². The summed E-state index contributed by atoms with van der Waals surface area (Å²) in [6.07, 6.45) is 8.70. The highest BCUT2D eigenvalue weighted by molar-refractivity contribution is 5.95. The van der Waals surface area contributed by atoms with E-state index in [4.69, 9.17) is 0 Å². The van der Waals surface area contributed by atoms with Gasteiger partial charge in [0.15, 0.2) is 0 Å². The fraction of sp³-hybridized carbons (Fsp3) is 0.481. The van der Waals surface area contributed by atoms with Crippen molar-refractivity contribution in [3.05, 3.63) is 119 Å². The van der Waals surface area contributed by atoms with Crippen molar-refractivity contribution in [3.8, 4) is 0 Å². The molecular weight excluding hydrogens is 769 g/mol. The maximum Gasteiger partial charge on any atom is 0.224 e. The van der Waals surface area contributed by atoms with E-state index < -0.39 is 0 Å². The third kappa shape index (κ3) is 10.9. The molecule has 0 fully saturated rings. The Bertz CT molecular complexity index is 2150. The number of carbonyl (C=O) groups excluding carboxylic acids is 4. The van der Waals surface area contributed by atoms with Gasteiger partial charge in [0.05, 0.1) is 0 Å². The predicted molar refractivity (Wildman–Crippen MR) is 258 cm³/mol. The molecule has 332 valence electrons. The van der Waals surface area contributed by atoms with E-state index >= 15 is 0 Å². The molecule has 0 aromatic heterocycles. The molecule has 4 aromatic rings. The summed E-state index contributed by atoms with van der Waals surface area (Å²) in [6, 6.07) is 33.8. The minimum Gasteiger partial charge on any atom is -0.312 e. The zero-order valence-corrected chi connectivity index (χ0v) is 39.2. The van der Waals surface area contributed by atoms with Gasteiger partial charge in [-0.25, -0.2) is 0 Å². The topological polar surface area (TPSA) is 81.2 Å². The molecular formula is C54H72N4O4. The SMILES string of the molecule is CC(=O)N1CCC(C)c2ccccc21.CCC1CC(C)c2ccccc2N1C(C)=O.CCC1CC(CC)N(C(C)=O)c2ccccc21.CCC1CCN(C(C)=O)c2ccccc21. The third-order valence-corrected chi connectivity index (χ3v) is 13.6. The maximum atomic E-state index is 11.9. The molecule has 0 saturated carbocycles. The second-order valence-corrected chi connectivity index (χ2v) is 17.5. The van der Waals surface area contributed by atoms with Crippen LogP contribution in [0.1, 0.15) is 167 Å². The van der Waals surface area contributed by atoms with Crippen LogP contribution < -0.4 is 19.6 Å². The minimum absolute atomic E-state index is 0.143. The summed E-state index contributed by atoms with van der Waals surface area (Å²) in [5.41, 5.74) is 9.74. The first kappa shape index (κ1) is 47.8. The molecule has 8 nitrogen and oxygen atoms in total. The van der Waals surface area contributed by atoms with Crippen LogP contribution in [0, 0.1) is 0 Å². The summed E-state index contributed by atoms with van der Waals surface area (Å²) in [5, 5.41) is 0. The summed E-state index contributed by atoms with van der Waals surface area (Å²) in [6.45, 7) is 21.6. The zero-order chi connectivity index (χ0) is 45.1. The normalized spacial score (nSPS) is 22.0. The van der Waals surface area contributed by atoms with Gasteiger partial charge in [0.1, 0.15) is 0 Å². The molecule has 62 heavy (non-hydrogen) atoms. The van der Waals surface area contributed by atoms with Crippen molar-refractivity contribution in [3.63, 3.8) is 0 Å². The van der Waals surface area contributed by atoms with Crippen LogP contribution in [-0.2, 0) is 19.2 Å². The lowest BCUT2D eigenvalue weighted by atomic mass is 9.83. The van der Waals surface area contributed by atoms with Crippen LogP contribution in [0.4, 0.5) is 22.7 Å². The van der Waals surface area contributed by atoms with Gasteiger partial charge in [-0.05, 0) is 122 Å². The number of amides is 4. The molecule has 8 rings (SSSR count). The number of anilines is 4. The molecule has 0 spiro atoms. The van der Waals surface area contributed by atoms with Gasteiger partial charge in [0.25, 0.3) is 0 Å². The summed E-state index contributed by atoms with van der Waals surface area (Å²) in [5.74, 6) is 2.97. The molecule has 0 saturated heterocycles. The van der Waals surface area contributed by atoms with E-state index in [0.29, 0.717) is 35.8 Å². The number of carbonyl (C=O) groups is 4. The smallest absolute Gasteiger partial charge is 0.224 e. The summed E-state index contributed by atoms with van der Waals surface area (Å²) in [7, 11) is 0. The van der Waals surface area contributed by atoms with Crippen molar-refractivity contribution in [1.29, 1.82) is 0 Å². The van der Waals surface area contributed by atoms with E-state index in [9.17, 15) is 19.2 Å². The Labute approximate surface area is 372 Å². The quantitative estimate of drug-likeness (QED) is 0.205. The molecule has 6 atom stereocenters. The van der Waals surface area contributed by atoms with Crippen LogP contribution in [0.2, 0.25) is 0 Å². The predicted octanol–water partition coefficient (Wildman–Crippen LogP) is 12.5. The Hall–Kier alpha value is -5.24. The molecule has 0 aliphatic carbocycles. The largest absolute Gasteiger partial charge is 0.312 e. The average Bonchev–Trinajstić information content (AvgIpc) is 3.28. The van der Waals surface area contributed by atoms with Crippen molar-refractivity contribution >= 4 is 46.4 Å². The zero-order valence-electron chi connectivity index (χ0n) is 39.2. The first-order valence-electron chi connectivity index (χ1n) is 23.3. The molecule has 4 heterocycles. The molecule has 4 aliphatic heterocycles. The molecule has 4 amide bonds. The highest BCUT2D eigenvalue weighted by Crippen LogP contribution is 2.42. The number of rotatable bonds is 4. The number of hydrogen-bond donors (Lipinski definition) is 0. The molecule has 0 radical (unpaired) electrons. The summed E-state index contributed by atoms with van der Waals surface area (Å²) >= 11 is 0.